The van der Waals surface area contributed by atoms with E-state index in [0.29, 0.717) is 6.04 Å². The van der Waals surface area contributed by atoms with Crippen molar-refractivity contribution in [2.75, 3.05) is 16.8 Å². The maximum atomic E-state index is 11.1. The van der Waals surface area contributed by atoms with Crippen molar-refractivity contribution in [2.24, 2.45) is 0 Å². The van der Waals surface area contributed by atoms with Gasteiger partial charge in [-0.25, -0.2) is 0 Å². The van der Waals surface area contributed by atoms with Gasteiger partial charge in [-0.1, -0.05) is 25.1 Å². The van der Waals surface area contributed by atoms with Crippen LogP contribution in [0.2, 0.25) is 0 Å². The average Bonchev–Trinajstić information content (AvgIpc) is 2.37. The molecule has 3 nitrogen and oxygen atoms in total. The molecule has 1 amide bonds. The smallest absolute Gasteiger partial charge is 0.221 e. The second-order valence-corrected chi connectivity index (χ2v) is 6.00. The molecule has 0 aliphatic rings. The molecular weight excluding hydrogens is 256 g/mol. The molecule has 106 valence electrons. The van der Waals surface area contributed by atoms with Gasteiger partial charge in [-0.2, -0.15) is 11.8 Å². The van der Waals surface area contributed by atoms with Gasteiger partial charge in [0, 0.05) is 25.2 Å². The number of hydrogen-bond acceptors (Lipinski definition) is 3. The fraction of sp³-hybridized carbons (Fsp3) is 0.533. The van der Waals surface area contributed by atoms with Crippen LogP contribution in [0.1, 0.15) is 32.8 Å². The Bertz CT molecular complexity index is 395. The summed E-state index contributed by atoms with van der Waals surface area (Å²) in [5.41, 5.74) is 2.03. The van der Waals surface area contributed by atoms with Gasteiger partial charge >= 0.3 is 0 Å². The van der Waals surface area contributed by atoms with E-state index in [0.717, 1.165) is 17.8 Å². The Kier molecular flexibility index (Phi) is 7.60. The second kappa shape index (κ2) is 8.99. The van der Waals surface area contributed by atoms with Crippen LogP contribution in [0, 0.1) is 0 Å². The van der Waals surface area contributed by atoms with Gasteiger partial charge in [-0.15, -0.1) is 0 Å². The fourth-order valence-electron chi connectivity index (χ4n) is 1.78. The lowest BCUT2D eigenvalue weighted by Gasteiger charge is -2.15. The minimum absolute atomic E-state index is 0.0279. The predicted molar refractivity (Wildman–Crippen MR) is 84.7 cm³/mol. The summed E-state index contributed by atoms with van der Waals surface area (Å²) in [5.74, 6) is 2.34. The van der Waals surface area contributed by atoms with E-state index in [1.807, 2.05) is 36.0 Å². The van der Waals surface area contributed by atoms with Crippen LogP contribution >= 0.6 is 11.8 Å². The van der Waals surface area contributed by atoms with Crippen LogP contribution < -0.4 is 10.6 Å². The van der Waals surface area contributed by atoms with Crippen LogP contribution in [0.15, 0.2) is 24.3 Å². The first-order valence-electron chi connectivity index (χ1n) is 6.80. The van der Waals surface area contributed by atoms with Crippen LogP contribution in [0.5, 0.6) is 0 Å². The monoisotopic (exact) mass is 280 g/mol. The van der Waals surface area contributed by atoms with E-state index in [1.54, 1.807) is 0 Å². The molecule has 0 fully saturated rings. The van der Waals surface area contributed by atoms with Crippen LogP contribution in [-0.2, 0) is 11.3 Å². The molecule has 1 aromatic carbocycles. The maximum absolute atomic E-state index is 11.1. The maximum Gasteiger partial charge on any atom is 0.221 e. The highest BCUT2D eigenvalue weighted by atomic mass is 32.2. The Morgan fingerprint density at radius 2 is 2.11 bits per heavy atom. The van der Waals surface area contributed by atoms with Crippen molar-refractivity contribution in [1.82, 2.24) is 5.32 Å². The lowest BCUT2D eigenvalue weighted by molar-refractivity contribution is -0.114. The van der Waals surface area contributed by atoms with E-state index < -0.39 is 0 Å². The first-order chi connectivity index (χ1) is 9.13. The standard InChI is InChI=1S/C15H24N2OS/c1-4-19-10-9-12(2)16-11-14-7-5-6-8-15(14)17-13(3)18/h5-8,12,16H,4,9-11H2,1-3H3,(H,17,18). The van der Waals surface area contributed by atoms with E-state index in [1.165, 1.54) is 24.9 Å². The normalized spacial score (nSPS) is 12.2. The van der Waals surface area contributed by atoms with Crippen molar-refractivity contribution >= 4 is 23.4 Å². The molecule has 0 bridgehead atoms. The van der Waals surface area contributed by atoms with Gasteiger partial charge in [0.2, 0.25) is 5.91 Å². The Morgan fingerprint density at radius 1 is 1.37 bits per heavy atom. The predicted octanol–water partition coefficient (Wildman–Crippen LogP) is 3.27. The molecule has 0 saturated heterocycles. The van der Waals surface area contributed by atoms with Crippen molar-refractivity contribution in [3.8, 4) is 0 Å². The lowest BCUT2D eigenvalue weighted by Crippen LogP contribution is -2.26. The molecule has 4 heteroatoms. The number of hydrogen-bond donors (Lipinski definition) is 2. The largest absolute Gasteiger partial charge is 0.326 e. The number of anilines is 1. The highest BCUT2D eigenvalue weighted by Crippen LogP contribution is 2.15. The van der Waals surface area contributed by atoms with Gasteiger partial charge in [0.05, 0.1) is 0 Å². The zero-order valence-corrected chi connectivity index (χ0v) is 12.8. The molecular formula is C15H24N2OS. The van der Waals surface area contributed by atoms with Gasteiger partial charge in [-0.3, -0.25) is 4.79 Å². The first kappa shape index (κ1) is 16.1. The van der Waals surface area contributed by atoms with Crippen LogP contribution in [0.25, 0.3) is 0 Å². The third-order valence-corrected chi connectivity index (χ3v) is 3.80. The van der Waals surface area contributed by atoms with Crippen LogP contribution in [0.4, 0.5) is 5.69 Å². The molecule has 0 aliphatic carbocycles. The summed E-state index contributed by atoms with van der Waals surface area (Å²) in [5, 5.41) is 6.37. The summed E-state index contributed by atoms with van der Waals surface area (Å²) in [6.07, 6.45) is 1.17. The van der Waals surface area contributed by atoms with Crippen molar-refractivity contribution < 1.29 is 4.79 Å². The van der Waals surface area contributed by atoms with Crippen molar-refractivity contribution in [2.45, 2.75) is 39.8 Å². The van der Waals surface area contributed by atoms with Crippen molar-refractivity contribution in [3.05, 3.63) is 29.8 Å². The third-order valence-electron chi connectivity index (χ3n) is 2.87. The number of thioether (sulfide) groups is 1. The van der Waals surface area contributed by atoms with Crippen LogP contribution in [-0.4, -0.2) is 23.5 Å². The molecule has 0 aliphatic heterocycles. The van der Waals surface area contributed by atoms with E-state index in [2.05, 4.69) is 24.5 Å². The van der Waals surface area contributed by atoms with E-state index in [-0.39, 0.29) is 5.91 Å². The second-order valence-electron chi connectivity index (χ2n) is 4.61. The number of benzene rings is 1. The number of amides is 1. The minimum atomic E-state index is -0.0279. The van der Waals surface area contributed by atoms with E-state index in [9.17, 15) is 4.79 Å². The van der Waals surface area contributed by atoms with E-state index in [4.69, 9.17) is 0 Å². The van der Waals surface area contributed by atoms with Gasteiger partial charge < -0.3 is 10.6 Å². The van der Waals surface area contributed by atoms with Gasteiger partial charge in [0.1, 0.15) is 0 Å². The van der Waals surface area contributed by atoms with Crippen molar-refractivity contribution in [1.29, 1.82) is 0 Å². The van der Waals surface area contributed by atoms with Gasteiger partial charge in [-0.05, 0) is 36.5 Å². The van der Waals surface area contributed by atoms with Gasteiger partial charge in [0.25, 0.3) is 0 Å². The molecule has 19 heavy (non-hydrogen) atoms. The SMILES string of the molecule is CCSCCC(C)NCc1ccccc1NC(C)=O. The summed E-state index contributed by atoms with van der Waals surface area (Å²) in [7, 11) is 0. The third kappa shape index (κ3) is 6.64. The molecule has 0 spiro atoms. The number of nitrogens with one attached hydrogen (secondary N) is 2. The summed E-state index contributed by atoms with van der Waals surface area (Å²) >= 11 is 1.97. The minimum Gasteiger partial charge on any atom is -0.326 e. The number of para-hydroxylation sites is 1. The molecule has 1 aromatic rings. The Morgan fingerprint density at radius 3 is 2.79 bits per heavy atom. The molecule has 1 rings (SSSR count). The Hall–Kier alpha value is -1.00. The molecule has 0 saturated carbocycles. The zero-order chi connectivity index (χ0) is 14.1. The number of rotatable bonds is 8. The van der Waals surface area contributed by atoms with Crippen LogP contribution in [0.3, 0.4) is 0 Å². The number of carbonyl (C=O) groups excluding carboxylic acids is 1. The summed E-state index contributed by atoms with van der Waals surface area (Å²) in [6, 6.07) is 8.42. The molecule has 2 N–H and O–H groups in total. The molecule has 1 unspecified atom stereocenters. The zero-order valence-electron chi connectivity index (χ0n) is 12.0. The molecule has 0 heterocycles. The lowest BCUT2D eigenvalue weighted by atomic mass is 10.1. The molecule has 1 atom stereocenters. The summed E-state index contributed by atoms with van der Waals surface area (Å²) in [4.78, 5) is 11.1. The highest BCUT2D eigenvalue weighted by Gasteiger charge is 2.05. The fourth-order valence-corrected chi connectivity index (χ4v) is 2.59. The average molecular weight is 280 g/mol. The Balaban J connectivity index is 2.45. The number of carbonyl (C=O) groups is 1. The van der Waals surface area contributed by atoms with E-state index >= 15 is 0 Å². The quantitative estimate of drug-likeness (QED) is 0.718. The summed E-state index contributed by atoms with van der Waals surface area (Å²) in [6.45, 7) is 6.72. The summed E-state index contributed by atoms with van der Waals surface area (Å²) < 4.78 is 0. The van der Waals surface area contributed by atoms with Gasteiger partial charge in [0.15, 0.2) is 0 Å². The highest BCUT2D eigenvalue weighted by molar-refractivity contribution is 7.99. The topological polar surface area (TPSA) is 41.1 Å². The Labute approximate surface area is 120 Å². The van der Waals surface area contributed by atoms with Crippen molar-refractivity contribution in [3.63, 3.8) is 0 Å². The molecule has 0 aromatic heterocycles. The first-order valence-corrected chi connectivity index (χ1v) is 7.95. The molecule has 0 radical (unpaired) electrons.